The topological polar surface area (TPSA) is 61.9 Å². The number of carbonyl (C=O) groups is 2. The Morgan fingerprint density at radius 1 is 1.12 bits per heavy atom. The summed E-state index contributed by atoms with van der Waals surface area (Å²) in [5, 5.41) is 5.44. The van der Waals surface area contributed by atoms with E-state index < -0.39 is 0 Å². The molecule has 2 saturated heterocycles. The van der Waals surface area contributed by atoms with Crippen molar-refractivity contribution < 1.29 is 14.3 Å². The first-order valence-electron chi connectivity index (χ1n) is 12.8. The summed E-state index contributed by atoms with van der Waals surface area (Å²) in [4.78, 5) is 29.8. The van der Waals surface area contributed by atoms with E-state index in [1.54, 1.807) is 18.9 Å². The Morgan fingerprint density at radius 3 is 2.58 bits per heavy atom. The van der Waals surface area contributed by atoms with Gasteiger partial charge in [0.1, 0.15) is 0 Å². The van der Waals surface area contributed by atoms with Gasteiger partial charge in [-0.2, -0.15) is 0 Å². The number of nitrogens with zero attached hydrogens (tertiary/aromatic N) is 2. The van der Waals surface area contributed by atoms with Crippen molar-refractivity contribution in [2.45, 2.75) is 76.0 Å². The van der Waals surface area contributed by atoms with Crippen molar-refractivity contribution >= 4 is 23.7 Å². The molecule has 3 atom stereocenters. The van der Waals surface area contributed by atoms with E-state index in [4.69, 9.17) is 4.74 Å². The Morgan fingerprint density at radius 2 is 1.85 bits per heavy atom. The van der Waals surface area contributed by atoms with Crippen LogP contribution in [0.25, 0.3) is 0 Å². The van der Waals surface area contributed by atoms with Gasteiger partial charge in [-0.3, -0.25) is 4.79 Å². The number of fused-ring (bicyclic) bond motifs is 1. The van der Waals surface area contributed by atoms with Gasteiger partial charge in [0.15, 0.2) is 0 Å². The number of likely N-dealkylation sites (tertiary alicyclic amines) is 2. The molecule has 3 unspecified atom stereocenters. The van der Waals surface area contributed by atoms with Gasteiger partial charge in [0, 0.05) is 50.2 Å². The monoisotopic (exact) mass is 477 g/mol. The van der Waals surface area contributed by atoms with Crippen molar-refractivity contribution in [3.05, 3.63) is 23.6 Å². The average molecular weight is 478 g/mol. The van der Waals surface area contributed by atoms with Crippen LogP contribution >= 0.6 is 11.8 Å². The summed E-state index contributed by atoms with van der Waals surface area (Å²) in [6.07, 6.45) is 11.9. The Balaban J connectivity index is 1.52. The molecule has 33 heavy (non-hydrogen) atoms. The van der Waals surface area contributed by atoms with Crippen LogP contribution in [0, 0.1) is 11.8 Å². The minimum atomic E-state index is 0.00659. The zero-order chi connectivity index (χ0) is 23.6. The minimum absolute atomic E-state index is 0.00659. The van der Waals surface area contributed by atoms with E-state index in [-0.39, 0.29) is 11.9 Å². The van der Waals surface area contributed by atoms with Gasteiger partial charge in [-0.25, -0.2) is 4.79 Å². The van der Waals surface area contributed by atoms with Crippen LogP contribution in [0.1, 0.15) is 64.7 Å². The van der Waals surface area contributed by atoms with E-state index >= 15 is 0 Å². The zero-order valence-corrected chi connectivity index (χ0v) is 21.4. The summed E-state index contributed by atoms with van der Waals surface area (Å²) in [5.74, 6) is 1.48. The summed E-state index contributed by atoms with van der Waals surface area (Å²) >= 11 is 1.79. The molecule has 3 fully saturated rings. The van der Waals surface area contributed by atoms with Crippen LogP contribution in [0.4, 0.5) is 4.79 Å². The lowest BCUT2D eigenvalue weighted by Gasteiger charge is -2.44. The van der Waals surface area contributed by atoms with Gasteiger partial charge in [0.2, 0.25) is 0 Å². The fourth-order valence-corrected chi connectivity index (χ4v) is 6.72. The zero-order valence-electron chi connectivity index (χ0n) is 20.6. The van der Waals surface area contributed by atoms with Crippen LogP contribution in [-0.2, 0) is 9.53 Å². The standard InChI is InChI=1S/C26H43N3O3S/c1-4-8-23(25(30)29-15-7-10-22-9-5-6-11-24(22)29)19-33-20(2)21-12-16-28(17-13-21)26(31)27-14-18-32-3/h4,19-22,24H,1,5-18H2,2-3H3,(H,27,31)/b23-19+. The summed E-state index contributed by atoms with van der Waals surface area (Å²) in [5.41, 5.74) is 0.892. The van der Waals surface area contributed by atoms with Crippen LogP contribution in [0.15, 0.2) is 23.6 Å². The summed E-state index contributed by atoms with van der Waals surface area (Å²) in [7, 11) is 1.64. The number of ether oxygens (including phenoxy) is 1. The molecule has 2 aliphatic heterocycles. The van der Waals surface area contributed by atoms with E-state index in [9.17, 15) is 9.59 Å². The molecule has 3 rings (SSSR count). The molecule has 2 heterocycles. The minimum Gasteiger partial charge on any atom is -0.383 e. The maximum atomic E-state index is 13.5. The Bertz CT molecular complexity index is 688. The number of nitrogens with one attached hydrogen (secondary N) is 1. The molecule has 186 valence electrons. The number of thioether (sulfide) groups is 1. The Hall–Kier alpha value is -1.47. The molecular formula is C26H43N3O3S. The highest BCUT2D eigenvalue weighted by Crippen LogP contribution is 2.37. The van der Waals surface area contributed by atoms with E-state index in [1.807, 2.05) is 11.0 Å². The average Bonchev–Trinajstić information content (AvgIpc) is 2.85. The van der Waals surface area contributed by atoms with E-state index in [0.717, 1.165) is 44.5 Å². The smallest absolute Gasteiger partial charge is 0.317 e. The summed E-state index contributed by atoms with van der Waals surface area (Å²) in [6.45, 7) is 9.72. The fourth-order valence-electron chi connectivity index (χ4n) is 5.65. The maximum Gasteiger partial charge on any atom is 0.317 e. The molecule has 7 heteroatoms. The lowest BCUT2D eigenvalue weighted by molar-refractivity contribution is -0.133. The van der Waals surface area contributed by atoms with Gasteiger partial charge in [0.25, 0.3) is 5.91 Å². The van der Waals surface area contributed by atoms with Crippen LogP contribution in [-0.4, -0.2) is 72.9 Å². The first kappa shape index (κ1) is 26.1. The van der Waals surface area contributed by atoms with Gasteiger partial charge >= 0.3 is 6.03 Å². The fraction of sp³-hybridized carbons (Fsp3) is 0.769. The molecular weight excluding hydrogens is 434 g/mol. The number of amides is 3. The molecule has 1 saturated carbocycles. The number of hydrogen-bond donors (Lipinski definition) is 1. The van der Waals surface area contributed by atoms with Gasteiger partial charge < -0.3 is 19.9 Å². The lowest BCUT2D eigenvalue weighted by Crippen LogP contribution is -2.50. The number of hydrogen-bond acceptors (Lipinski definition) is 4. The van der Waals surface area contributed by atoms with Crippen molar-refractivity contribution in [1.29, 1.82) is 0 Å². The third-order valence-electron chi connectivity index (χ3n) is 7.64. The van der Waals surface area contributed by atoms with Crippen LogP contribution in [0.2, 0.25) is 0 Å². The van der Waals surface area contributed by atoms with Crippen molar-refractivity contribution in [2.75, 3.05) is 39.9 Å². The molecule has 0 aromatic rings. The van der Waals surface area contributed by atoms with Crippen LogP contribution < -0.4 is 5.32 Å². The van der Waals surface area contributed by atoms with Crippen molar-refractivity contribution in [3.63, 3.8) is 0 Å². The molecule has 6 nitrogen and oxygen atoms in total. The third-order valence-corrected chi connectivity index (χ3v) is 8.88. The number of rotatable bonds is 9. The van der Waals surface area contributed by atoms with Gasteiger partial charge in [0.05, 0.1) is 6.61 Å². The van der Waals surface area contributed by atoms with Gasteiger partial charge in [-0.15, -0.1) is 18.3 Å². The molecule has 0 spiro atoms. The molecule has 1 aliphatic carbocycles. The Kier molecular flexibility index (Phi) is 10.6. The highest BCUT2D eigenvalue weighted by Gasteiger charge is 2.36. The quantitative estimate of drug-likeness (QED) is 0.294. The maximum absolute atomic E-state index is 13.5. The number of urea groups is 1. The number of allylic oxidation sites excluding steroid dienone is 1. The summed E-state index contributed by atoms with van der Waals surface area (Å²) < 4.78 is 5.00. The first-order chi connectivity index (χ1) is 16.0. The molecule has 3 amide bonds. The molecule has 3 aliphatic rings. The second kappa shape index (κ2) is 13.4. The number of piperidine rings is 2. The molecule has 1 N–H and O–H groups in total. The number of methoxy groups -OCH3 is 1. The highest BCUT2D eigenvalue weighted by atomic mass is 32.2. The van der Waals surface area contributed by atoms with Crippen molar-refractivity contribution in [1.82, 2.24) is 15.1 Å². The predicted octanol–water partition coefficient (Wildman–Crippen LogP) is 4.82. The van der Waals surface area contributed by atoms with Crippen molar-refractivity contribution in [3.8, 4) is 0 Å². The lowest BCUT2D eigenvalue weighted by atomic mass is 9.78. The SMILES string of the molecule is C=CC/C(=C\SC(C)C1CCN(C(=O)NCCOC)CC1)C(=O)N1CCCC2CCCCC21. The van der Waals surface area contributed by atoms with Crippen LogP contribution in [0.5, 0.6) is 0 Å². The van der Waals surface area contributed by atoms with Gasteiger partial charge in [-0.1, -0.05) is 25.8 Å². The molecule has 0 aromatic carbocycles. The van der Waals surface area contributed by atoms with Crippen molar-refractivity contribution in [2.24, 2.45) is 11.8 Å². The molecule has 0 aromatic heterocycles. The predicted molar refractivity (Wildman–Crippen MR) is 136 cm³/mol. The van der Waals surface area contributed by atoms with Crippen LogP contribution in [0.3, 0.4) is 0 Å². The summed E-state index contributed by atoms with van der Waals surface area (Å²) in [6, 6.07) is 0.446. The van der Waals surface area contributed by atoms with E-state index in [0.29, 0.717) is 42.7 Å². The molecule has 0 bridgehead atoms. The largest absolute Gasteiger partial charge is 0.383 e. The second-order valence-corrected chi connectivity index (χ2v) is 11.0. The normalized spacial score (nSPS) is 25.3. The van der Waals surface area contributed by atoms with E-state index in [1.165, 1.54) is 32.1 Å². The second-order valence-electron chi connectivity index (χ2n) is 9.78. The Labute approximate surface area is 204 Å². The number of carbonyl (C=O) groups excluding carboxylic acids is 2. The molecule has 0 radical (unpaired) electrons. The van der Waals surface area contributed by atoms with Gasteiger partial charge in [-0.05, 0) is 62.2 Å². The first-order valence-corrected chi connectivity index (χ1v) is 13.8. The highest BCUT2D eigenvalue weighted by molar-refractivity contribution is 8.02. The van der Waals surface area contributed by atoms with E-state index in [2.05, 4.69) is 29.1 Å². The third kappa shape index (κ3) is 7.25.